The maximum absolute atomic E-state index is 4.78. The molecule has 0 bridgehead atoms. The molecule has 27 heavy (non-hydrogen) atoms. The highest BCUT2D eigenvalue weighted by Crippen LogP contribution is 2.25. The molecule has 0 aliphatic carbocycles. The van der Waals surface area contributed by atoms with Crippen molar-refractivity contribution in [1.82, 2.24) is 15.0 Å². The Morgan fingerprint density at radius 3 is 1.96 bits per heavy atom. The summed E-state index contributed by atoms with van der Waals surface area (Å²) in [7, 11) is 0. The van der Waals surface area contributed by atoms with Crippen LogP contribution in [-0.2, 0) is 6.42 Å². The lowest BCUT2D eigenvalue weighted by Gasteiger charge is -2.23. The standard InChI is InChI=1S/C22H35N5/c1-7-10-12-27(13-11-8-2)22-24-19(9-3)23-21(26-22)25-20-17(5)14-16(4)15-18(20)6/h14-15H,7-13H2,1-6H3,(H,23,24,25,26). The maximum Gasteiger partial charge on any atom is 0.232 e. The highest BCUT2D eigenvalue weighted by atomic mass is 15.3. The largest absolute Gasteiger partial charge is 0.341 e. The summed E-state index contributed by atoms with van der Waals surface area (Å²) in [6.45, 7) is 14.9. The van der Waals surface area contributed by atoms with E-state index in [2.05, 4.69) is 68.9 Å². The number of anilines is 3. The van der Waals surface area contributed by atoms with Crippen LogP contribution >= 0.6 is 0 Å². The number of rotatable bonds is 10. The predicted molar refractivity (Wildman–Crippen MR) is 115 cm³/mol. The van der Waals surface area contributed by atoms with Gasteiger partial charge in [-0.15, -0.1) is 0 Å². The van der Waals surface area contributed by atoms with Gasteiger partial charge in [-0.05, 0) is 44.7 Å². The first-order valence-electron chi connectivity index (χ1n) is 10.3. The fourth-order valence-corrected chi connectivity index (χ4v) is 3.26. The van der Waals surface area contributed by atoms with Crippen LogP contribution in [0.4, 0.5) is 17.6 Å². The molecule has 0 spiro atoms. The molecule has 0 radical (unpaired) electrons. The number of aryl methyl sites for hydroxylation is 4. The van der Waals surface area contributed by atoms with E-state index in [4.69, 9.17) is 9.97 Å². The van der Waals surface area contributed by atoms with Crippen LogP contribution in [-0.4, -0.2) is 28.0 Å². The molecule has 1 N–H and O–H groups in total. The number of benzene rings is 1. The summed E-state index contributed by atoms with van der Waals surface area (Å²) in [5, 5.41) is 3.46. The fraction of sp³-hybridized carbons (Fsp3) is 0.591. The van der Waals surface area contributed by atoms with Crippen molar-refractivity contribution in [2.75, 3.05) is 23.3 Å². The fourth-order valence-electron chi connectivity index (χ4n) is 3.26. The van der Waals surface area contributed by atoms with Gasteiger partial charge in [-0.2, -0.15) is 15.0 Å². The number of nitrogens with zero attached hydrogens (tertiary/aromatic N) is 4. The van der Waals surface area contributed by atoms with Crippen molar-refractivity contribution in [1.29, 1.82) is 0 Å². The molecular formula is C22H35N5. The van der Waals surface area contributed by atoms with Crippen LogP contribution in [0.2, 0.25) is 0 Å². The van der Waals surface area contributed by atoms with Crippen LogP contribution in [0.1, 0.15) is 69.0 Å². The third kappa shape index (κ3) is 5.91. The molecule has 0 aliphatic rings. The number of unbranched alkanes of at least 4 members (excludes halogenated alkanes) is 2. The Balaban J connectivity index is 2.36. The third-order valence-electron chi connectivity index (χ3n) is 4.75. The van der Waals surface area contributed by atoms with Crippen molar-refractivity contribution in [2.24, 2.45) is 0 Å². The zero-order valence-corrected chi connectivity index (χ0v) is 17.9. The van der Waals surface area contributed by atoms with E-state index in [0.717, 1.165) is 49.8 Å². The van der Waals surface area contributed by atoms with E-state index in [1.54, 1.807) is 0 Å². The summed E-state index contributed by atoms with van der Waals surface area (Å²) >= 11 is 0. The first kappa shape index (κ1) is 21.1. The number of nitrogens with one attached hydrogen (secondary N) is 1. The van der Waals surface area contributed by atoms with Crippen molar-refractivity contribution < 1.29 is 0 Å². The average molecular weight is 370 g/mol. The molecule has 0 saturated heterocycles. The average Bonchev–Trinajstić information content (AvgIpc) is 2.64. The van der Waals surface area contributed by atoms with Gasteiger partial charge in [0.05, 0.1) is 0 Å². The van der Waals surface area contributed by atoms with E-state index < -0.39 is 0 Å². The molecule has 2 aromatic rings. The predicted octanol–water partition coefficient (Wildman–Crippen LogP) is 5.51. The summed E-state index contributed by atoms with van der Waals surface area (Å²) in [6.07, 6.45) is 5.43. The summed E-state index contributed by atoms with van der Waals surface area (Å²) in [6, 6.07) is 4.37. The Hall–Kier alpha value is -2.17. The highest BCUT2D eigenvalue weighted by molar-refractivity contribution is 5.64. The zero-order valence-electron chi connectivity index (χ0n) is 17.9. The van der Waals surface area contributed by atoms with Crippen molar-refractivity contribution in [2.45, 2.75) is 73.6 Å². The quantitative estimate of drug-likeness (QED) is 0.598. The molecular weight excluding hydrogens is 334 g/mol. The van der Waals surface area contributed by atoms with Crippen LogP contribution in [0.15, 0.2) is 12.1 Å². The van der Waals surface area contributed by atoms with E-state index in [1.165, 1.54) is 29.5 Å². The second-order valence-corrected chi connectivity index (χ2v) is 7.32. The van der Waals surface area contributed by atoms with Gasteiger partial charge in [0.1, 0.15) is 5.82 Å². The van der Waals surface area contributed by atoms with Gasteiger partial charge < -0.3 is 10.2 Å². The van der Waals surface area contributed by atoms with E-state index in [0.29, 0.717) is 5.95 Å². The molecule has 0 aliphatic heterocycles. The Bertz CT molecular complexity index is 710. The van der Waals surface area contributed by atoms with Crippen molar-refractivity contribution >= 4 is 17.6 Å². The Labute approximate surface area is 164 Å². The van der Waals surface area contributed by atoms with Gasteiger partial charge in [-0.1, -0.05) is 51.3 Å². The van der Waals surface area contributed by atoms with Gasteiger partial charge in [0, 0.05) is 25.2 Å². The first-order valence-corrected chi connectivity index (χ1v) is 10.3. The van der Waals surface area contributed by atoms with Crippen molar-refractivity contribution in [3.8, 4) is 0 Å². The molecule has 5 nitrogen and oxygen atoms in total. The molecule has 1 heterocycles. The van der Waals surface area contributed by atoms with Gasteiger partial charge in [0.2, 0.25) is 11.9 Å². The number of aromatic nitrogens is 3. The molecule has 0 fully saturated rings. The van der Waals surface area contributed by atoms with E-state index in [-0.39, 0.29) is 0 Å². The van der Waals surface area contributed by atoms with Gasteiger partial charge in [-0.3, -0.25) is 0 Å². The molecule has 0 saturated carbocycles. The molecule has 5 heteroatoms. The summed E-state index contributed by atoms with van der Waals surface area (Å²) in [5.74, 6) is 2.28. The second kappa shape index (κ2) is 10.2. The lowest BCUT2D eigenvalue weighted by molar-refractivity contribution is 0.658. The molecule has 0 atom stereocenters. The van der Waals surface area contributed by atoms with Crippen LogP contribution in [0.3, 0.4) is 0 Å². The van der Waals surface area contributed by atoms with Gasteiger partial charge >= 0.3 is 0 Å². The van der Waals surface area contributed by atoms with E-state index >= 15 is 0 Å². The zero-order chi connectivity index (χ0) is 19.8. The SMILES string of the molecule is CCCCN(CCCC)c1nc(CC)nc(Nc2c(C)cc(C)cc2C)n1. The first-order chi connectivity index (χ1) is 13.0. The topological polar surface area (TPSA) is 53.9 Å². The minimum Gasteiger partial charge on any atom is -0.341 e. The molecule has 0 unspecified atom stereocenters. The van der Waals surface area contributed by atoms with Crippen molar-refractivity contribution in [3.05, 3.63) is 34.6 Å². The maximum atomic E-state index is 4.78. The molecule has 2 rings (SSSR count). The van der Waals surface area contributed by atoms with E-state index in [1.807, 2.05) is 0 Å². The third-order valence-corrected chi connectivity index (χ3v) is 4.75. The number of hydrogen-bond acceptors (Lipinski definition) is 5. The smallest absolute Gasteiger partial charge is 0.232 e. The summed E-state index contributed by atoms with van der Waals surface area (Å²) in [4.78, 5) is 16.5. The minimum absolute atomic E-state index is 0.643. The highest BCUT2D eigenvalue weighted by Gasteiger charge is 2.14. The van der Waals surface area contributed by atoms with E-state index in [9.17, 15) is 0 Å². The molecule has 0 amide bonds. The Morgan fingerprint density at radius 1 is 0.852 bits per heavy atom. The molecule has 148 valence electrons. The summed E-state index contributed by atoms with van der Waals surface area (Å²) < 4.78 is 0. The monoisotopic (exact) mass is 369 g/mol. The Morgan fingerprint density at radius 2 is 1.44 bits per heavy atom. The number of hydrogen-bond donors (Lipinski definition) is 1. The lowest BCUT2D eigenvalue weighted by Crippen LogP contribution is -2.28. The van der Waals surface area contributed by atoms with Gasteiger partial charge in [0.25, 0.3) is 0 Å². The van der Waals surface area contributed by atoms with Crippen LogP contribution < -0.4 is 10.2 Å². The van der Waals surface area contributed by atoms with Crippen LogP contribution in [0.25, 0.3) is 0 Å². The molecule has 1 aromatic heterocycles. The van der Waals surface area contributed by atoms with Gasteiger partial charge in [-0.25, -0.2) is 0 Å². The summed E-state index contributed by atoms with van der Waals surface area (Å²) in [5.41, 5.74) is 4.78. The van der Waals surface area contributed by atoms with Gasteiger partial charge in [0.15, 0.2) is 0 Å². The Kier molecular flexibility index (Phi) is 8.01. The minimum atomic E-state index is 0.643. The van der Waals surface area contributed by atoms with Crippen LogP contribution in [0.5, 0.6) is 0 Å². The van der Waals surface area contributed by atoms with Crippen molar-refractivity contribution in [3.63, 3.8) is 0 Å². The van der Waals surface area contributed by atoms with Crippen LogP contribution in [0, 0.1) is 20.8 Å². The molecule has 1 aromatic carbocycles. The second-order valence-electron chi connectivity index (χ2n) is 7.32. The normalized spacial score (nSPS) is 10.9. The lowest BCUT2D eigenvalue weighted by atomic mass is 10.1.